The number of rotatable bonds is 3. The molecule has 1 N–H and O–H groups in total. The van der Waals surface area contributed by atoms with E-state index in [0.717, 1.165) is 12.0 Å². The lowest BCUT2D eigenvalue weighted by molar-refractivity contribution is -0.145. The molecule has 118 valence electrons. The summed E-state index contributed by atoms with van der Waals surface area (Å²) >= 11 is 0. The lowest BCUT2D eigenvalue weighted by Crippen LogP contribution is -2.43. The summed E-state index contributed by atoms with van der Waals surface area (Å²) in [6.07, 6.45) is 1.63. The molecule has 3 rings (SSSR count). The minimum atomic E-state index is -0.822. The largest absolute Gasteiger partial charge is 0.486 e. The van der Waals surface area contributed by atoms with Gasteiger partial charge in [0, 0.05) is 13.1 Å². The van der Waals surface area contributed by atoms with E-state index in [4.69, 9.17) is 14.6 Å². The highest BCUT2D eigenvalue weighted by atomic mass is 16.6. The molecule has 2 heterocycles. The molecule has 2 aliphatic rings. The molecule has 0 saturated carbocycles. The number of fused-ring (bicyclic) bond motifs is 1. The first-order valence-electron chi connectivity index (χ1n) is 7.52. The Hall–Kier alpha value is -2.24. The molecule has 6 nitrogen and oxygen atoms in total. The van der Waals surface area contributed by atoms with Crippen molar-refractivity contribution >= 4 is 11.9 Å². The van der Waals surface area contributed by atoms with Gasteiger partial charge < -0.3 is 19.5 Å². The van der Waals surface area contributed by atoms with Crippen molar-refractivity contribution in [2.75, 3.05) is 26.3 Å². The highest BCUT2D eigenvalue weighted by molar-refractivity contribution is 5.80. The number of carbonyl (C=O) groups is 2. The van der Waals surface area contributed by atoms with E-state index in [-0.39, 0.29) is 12.3 Å². The summed E-state index contributed by atoms with van der Waals surface area (Å²) in [7, 11) is 0. The predicted octanol–water partition coefficient (Wildman–Crippen LogP) is 1.32. The van der Waals surface area contributed by atoms with E-state index in [1.807, 2.05) is 18.2 Å². The van der Waals surface area contributed by atoms with Crippen molar-refractivity contribution in [3.05, 3.63) is 23.8 Å². The summed E-state index contributed by atoms with van der Waals surface area (Å²) in [6, 6.07) is 5.49. The SMILES string of the molecule is O=C(O)C1CCCN(C(=O)Cc2ccc3c(c2)OCCO3)C1. The molecule has 0 radical (unpaired) electrons. The fourth-order valence-electron chi connectivity index (χ4n) is 2.89. The number of hydrogen-bond acceptors (Lipinski definition) is 4. The third-order valence-corrected chi connectivity index (χ3v) is 4.09. The van der Waals surface area contributed by atoms with Crippen molar-refractivity contribution < 1.29 is 24.2 Å². The van der Waals surface area contributed by atoms with Gasteiger partial charge in [-0.15, -0.1) is 0 Å². The Morgan fingerprint density at radius 3 is 2.77 bits per heavy atom. The third-order valence-electron chi connectivity index (χ3n) is 4.09. The Morgan fingerprint density at radius 1 is 1.23 bits per heavy atom. The fourth-order valence-corrected chi connectivity index (χ4v) is 2.89. The molecular formula is C16H19NO5. The fraction of sp³-hybridized carbons (Fsp3) is 0.500. The first-order valence-corrected chi connectivity index (χ1v) is 7.52. The highest BCUT2D eigenvalue weighted by Crippen LogP contribution is 2.31. The molecule has 1 atom stereocenters. The summed E-state index contributed by atoms with van der Waals surface area (Å²) < 4.78 is 11.0. The molecule has 1 aromatic carbocycles. The molecule has 22 heavy (non-hydrogen) atoms. The van der Waals surface area contributed by atoms with Gasteiger partial charge in [-0.2, -0.15) is 0 Å². The van der Waals surface area contributed by atoms with Crippen molar-refractivity contribution in [3.8, 4) is 11.5 Å². The maximum absolute atomic E-state index is 12.4. The van der Waals surface area contributed by atoms with Gasteiger partial charge in [-0.25, -0.2) is 0 Å². The van der Waals surface area contributed by atoms with Crippen LogP contribution in [-0.2, 0) is 16.0 Å². The number of aliphatic carboxylic acids is 1. The summed E-state index contributed by atoms with van der Waals surface area (Å²) in [5, 5.41) is 9.09. The van der Waals surface area contributed by atoms with Crippen LogP contribution in [0.2, 0.25) is 0 Å². The van der Waals surface area contributed by atoms with Gasteiger partial charge >= 0.3 is 5.97 Å². The minimum absolute atomic E-state index is 0.0392. The summed E-state index contributed by atoms with van der Waals surface area (Å²) in [6.45, 7) is 1.98. The van der Waals surface area contributed by atoms with Crippen molar-refractivity contribution in [3.63, 3.8) is 0 Å². The molecular weight excluding hydrogens is 286 g/mol. The number of likely N-dealkylation sites (tertiary alicyclic amines) is 1. The number of nitrogens with zero attached hydrogens (tertiary/aromatic N) is 1. The molecule has 1 fully saturated rings. The van der Waals surface area contributed by atoms with Crippen molar-refractivity contribution in [2.45, 2.75) is 19.3 Å². The average molecular weight is 305 g/mol. The van der Waals surface area contributed by atoms with Crippen LogP contribution in [0.1, 0.15) is 18.4 Å². The molecule has 2 aliphatic heterocycles. The van der Waals surface area contributed by atoms with Gasteiger partial charge in [0.2, 0.25) is 5.91 Å². The lowest BCUT2D eigenvalue weighted by atomic mass is 9.97. The van der Waals surface area contributed by atoms with Gasteiger partial charge in [-0.3, -0.25) is 9.59 Å². The van der Waals surface area contributed by atoms with Gasteiger partial charge in [0.1, 0.15) is 13.2 Å². The number of ether oxygens (including phenoxy) is 2. The topological polar surface area (TPSA) is 76.1 Å². The highest BCUT2D eigenvalue weighted by Gasteiger charge is 2.28. The van der Waals surface area contributed by atoms with Crippen LogP contribution in [0.3, 0.4) is 0 Å². The van der Waals surface area contributed by atoms with Gasteiger partial charge in [0.15, 0.2) is 11.5 Å². The van der Waals surface area contributed by atoms with Crippen LogP contribution >= 0.6 is 0 Å². The van der Waals surface area contributed by atoms with E-state index in [2.05, 4.69) is 0 Å². The van der Waals surface area contributed by atoms with Crippen LogP contribution in [0.4, 0.5) is 0 Å². The van der Waals surface area contributed by atoms with Crippen LogP contribution < -0.4 is 9.47 Å². The van der Waals surface area contributed by atoms with Crippen molar-refractivity contribution in [1.82, 2.24) is 4.90 Å². The molecule has 1 aromatic rings. The number of carbonyl (C=O) groups excluding carboxylic acids is 1. The maximum atomic E-state index is 12.4. The quantitative estimate of drug-likeness (QED) is 0.911. The van der Waals surface area contributed by atoms with Crippen molar-refractivity contribution in [1.29, 1.82) is 0 Å². The number of piperidine rings is 1. The summed E-state index contributed by atoms with van der Waals surface area (Å²) in [5.41, 5.74) is 0.853. The zero-order chi connectivity index (χ0) is 15.5. The second-order valence-electron chi connectivity index (χ2n) is 5.67. The second kappa shape index (κ2) is 6.25. The monoisotopic (exact) mass is 305 g/mol. The zero-order valence-electron chi connectivity index (χ0n) is 12.3. The van der Waals surface area contributed by atoms with Crippen molar-refractivity contribution in [2.24, 2.45) is 5.92 Å². The second-order valence-corrected chi connectivity index (χ2v) is 5.67. The van der Waals surface area contributed by atoms with Gasteiger partial charge in [0.25, 0.3) is 0 Å². The Labute approximate surface area is 128 Å². The lowest BCUT2D eigenvalue weighted by Gasteiger charge is -2.31. The van der Waals surface area contributed by atoms with E-state index in [1.54, 1.807) is 4.90 Å². The minimum Gasteiger partial charge on any atom is -0.486 e. The Kier molecular flexibility index (Phi) is 4.18. The number of amides is 1. The molecule has 0 aliphatic carbocycles. The molecule has 0 spiro atoms. The molecule has 1 amide bonds. The smallest absolute Gasteiger partial charge is 0.308 e. The standard InChI is InChI=1S/C16H19NO5/c18-15(17-5-1-2-12(10-17)16(19)20)9-11-3-4-13-14(8-11)22-7-6-21-13/h3-4,8,12H,1-2,5-7,9-10H2,(H,19,20). The van der Waals surface area contributed by atoms with Gasteiger partial charge in [0.05, 0.1) is 12.3 Å². The maximum Gasteiger partial charge on any atom is 0.308 e. The Balaban J connectivity index is 1.65. The normalized spacial score (nSPS) is 20.5. The molecule has 6 heteroatoms. The first-order chi connectivity index (χ1) is 10.6. The molecule has 1 unspecified atom stereocenters. The third kappa shape index (κ3) is 3.16. The van der Waals surface area contributed by atoms with Crippen LogP contribution in [0.25, 0.3) is 0 Å². The predicted molar refractivity (Wildman–Crippen MR) is 78.1 cm³/mol. The van der Waals surface area contributed by atoms with E-state index < -0.39 is 11.9 Å². The number of benzene rings is 1. The van der Waals surface area contributed by atoms with E-state index in [9.17, 15) is 9.59 Å². The summed E-state index contributed by atoms with van der Waals surface area (Å²) in [5.74, 6) is 0.0578. The van der Waals surface area contributed by atoms with E-state index in [1.165, 1.54) is 0 Å². The summed E-state index contributed by atoms with van der Waals surface area (Å²) in [4.78, 5) is 25.1. The van der Waals surface area contributed by atoms with Gasteiger partial charge in [-0.1, -0.05) is 6.07 Å². The Bertz CT molecular complexity index is 586. The molecule has 0 bridgehead atoms. The number of carboxylic acid groups (broad SMARTS) is 1. The first kappa shape index (κ1) is 14.7. The van der Waals surface area contributed by atoms with Crippen LogP contribution in [-0.4, -0.2) is 48.2 Å². The van der Waals surface area contributed by atoms with E-state index >= 15 is 0 Å². The van der Waals surface area contributed by atoms with Crippen LogP contribution in [0, 0.1) is 5.92 Å². The molecule has 1 saturated heterocycles. The number of carboxylic acids is 1. The van der Waals surface area contributed by atoms with Crippen LogP contribution in [0.5, 0.6) is 11.5 Å². The number of hydrogen-bond donors (Lipinski definition) is 1. The van der Waals surface area contributed by atoms with Crippen LogP contribution in [0.15, 0.2) is 18.2 Å². The molecule has 0 aromatic heterocycles. The van der Waals surface area contributed by atoms with E-state index in [0.29, 0.717) is 44.2 Å². The van der Waals surface area contributed by atoms with Gasteiger partial charge in [-0.05, 0) is 30.5 Å². The Morgan fingerprint density at radius 2 is 2.00 bits per heavy atom. The zero-order valence-corrected chi connectivity index (χ0v) is 12.3. The average Bonchev–Trinajstić information content (AvgIpc) is 2.55.